The van der Waals surface area contributed by atoms with Gasteiger partial charge in [0.25, 0.3) is 5.91 Å². The molecule has 0 saturated carbocycles. The van der Waals surface area contributed by atoms with Crippen molar-refractivity contribution in [2.45, 2.75) is 57.2 Å². The zero-order chi connectivity index (χ0) is 27.3. The van der Waals surface area contributed by atoms with Crippen LogP contribution in [0.1, 0.15) is 73.1 Å². The van der Waals surface area contributed by atoms with Gasteiger partial charge in [0.1, 0.15) is 5.75 Å². The molecule has 2 aromatic carbocycles. The van der Waals surface area contributed by atoms with E-state index in [1.54, 1.807) is 24.7 Å². The van der Waals surface area contributed by atoms with Gasteiger partial charge in [-0.15, -0.1) is 0 Å². The van der Waals surface area contributed by atoms with Gasteiger partial charge in [-0.2, -0.15) is 0 Å². The molecule has 200 valence electrons. The van der Waals surface area contributed by atoms with E-state index in [9.17, 15) is 9.59 Å². The largest absolute Gasteiger partial charge is 0.493 e. The van der Waals surface area contributed by atoms with Crippen molar-refractivity contribution >= 4 is 35.1 Å². The lowest BCUT2D eigenvalue weighted by molar-refractivity contribution is -0.131. The lowest BCUT2D eigenvalue weighted by atomic mass is 9.87. The van der Waals surface area contributed by atoms with Crippen LogP contribution in [0.2, 0.25) is 0 Å². The predicted molar refractivity (Wildman–Crippen MR) is 153 cm³/mol. The van der Waals surface area contributed by atoms with E-state index in [-0.39, 0.29) is 30.2 Å². The maximum absolute atomic E-state index is 13.5. The number of fused-ring (bicyclic) bond motifs is 1. The number of thioether (sulfide) groups is 1. The van der Waals surface area contributed by atoms with Crippen LogP contribution in [-0.2, 0) is 4.79 Å². The second-order valence-corrected chi connectivity index (χ2v) is 10.5. The lowest BCUT2D eigenvalue weighted by Gasteiger charge is -2.40. The predicted octanol–water partition coefficient (Wildman–Crippen LogP) is 4.99. The third kappa shape index (κ3) is 5.62. The Morgan fingerprint density at radius 3 is 2.79 bits per heavy atom. The van der Waals surface area contributed by atoms with Crippen molar-refractivity contribution in [1.29, 1.82) is 0 Å². The fourth-order valence-electron chi connectivity index (χ4n) is 5.01. The summed E-state index contributed by atoms with van der Waals surface area (Å²) in [4.78, 5) is 37.9. The number of hydrogen-bond acceptors (Lipinski definition) is 7. The minimum atomic E-state index is -0.613. The molecule has 0 bridgehead atoms. The number of amides is 2. The Balaban J connectivity index is 1.66. The molecule has 8 nitrogen and oxygen atoms in total. The van der Waals surface area contributed by atoms with Gasteiger partial charge in [0.05, 0.1) is 36.2 Å². The van der Waals surface area contributed by atoms with Gasteiger partial charge in [-0.25, -0.2) is 4.99 Å². The molecule has 0 unspecified atom stereocenters. The third-order valence-electron chi connectivity index (χ3n) is 7.26. The number of nitrogens with two attached hydrogens (primary N) is 1. The topological polar surface area (TPSA) is 109 Å². The van der Waals surface area contributed by atoms with Crippen molar-refractivity contribution in [3.63, 3.8) is 0 Å². The molecular weight excluding hydrogens is 498 g/mol. The maximum atomic E-state index is 13.5. The molecule has 0 aliphatic carbocycles. The Kier molecular flexibility index (Phi) is 8.56. The SMILES string of the molecule is C=C(SC=NC)[C@@H](c1cccc(C(=O)N[C@H]2CCOc3ccccc32)c1)N1C(=O)CC(CC)(CC)N=C1N. The van der Waals surface area contributed by atoms with E-state index in [1.165, 1.54) is 16.7 Å². The quantitative estimate of drug-likeness (QED) is 0.349. The molecule has 3 N–H and O–H groups in total. The molecule has 0 radical (unpaired) electrons. The van der Waals surface area contributed by atoms with Crippen LogP contribution in [0.15, 0.2) is 70.0 Å². The molecule has 38 heavy (non-hydrogen) atoms. The number of nitrogens with zero attached hydrogens (tertiary/aromatic N) is 3. The molecule has 2 heterocycles. The summed E-state index contributed by atoms with van der Waals surface area (Å²) in [6, 6.07) is 14.2. The molecule has 2 aliphatic rings. The number of carbonyl (C=O) groups is 2. The summed E-state index contributed by atoms with van der Waals surface area (Å²) in [5.41, 5.74) is 9.78. The Labute approximate surface area is 228 Å². The van der Waals surface area contributed by atoms with E-state index in [0.29, 0.717) is 23.5 Å². The van der Waals surface area contributed by atoms with E-state index in [1.807, 2.05) is 50.2 Å². The van der Waals surface area contributed by atoms with Crippen LogP contribution in [0.3, 0.4) is 0 Å². The van der Waals surface area contributed by atoms with E-state index >= 15 is 0 Å². The average Bonchev–Trinajstić information content (AvgIpc) is 2.93. The number of rotatable bonds is 9. The molecule has 0 fully saturated rings. The van der Waals surface area contributed by atoms with E-state index in [2.05, 4.69) is 16.9 Å². The van der Waals surface area contributed by atoms with Crippen molar-refractivity contribution in [3.8, 4) is 5.75 Å². The van der Waals surface area contributed by atoms with Crippen LogP contribution >= 0.6 is 11.8 Å². The summed E-state index contributed by atoms with van der Waals surface area (Å²) in [5.74, 6) is 0.634. The van der Waals surface area contributed by atoms with Crippen LogP contribution in [0.25, 0.3) is 0 Å². The van der Waals surface area contributed by atoms with Crippen molar-refractivity contribution in [3.05, 3.63) is 76.7 Å². The van der Waals surface area contributed by atoms with Gasteiger partial charge in [0, 0.05) is 29.5 Å². The molecular formula is C29H35N5O3S. The molecule has 2 aliphatic heterocycles. The fraction of sp³-hybridized carbons (Fsp3) is 0.379. The maximum Gasteiger partial charge on any atom is 0.251 e. The van der Waals surface area contributed by atoms with Crippen molar-refractivity contribution in [2.75, 3.05) is 13.7 Å². The summed E-state index contributed by atoms with van der Waals surface area (Å²) in [7, 11) is 1.67. The van der Waals surface area contributed by atoms with Crippen LogP contribution < -0.4 is 15.8 Å². The number of carbonyl (C=O) groups excluding carboxylic acids is 2. The number of guanidine groups is 1. The van der Waals surface area contributed by atoms with Crippen LogP contribution in [0.4, 0.5) is 0 Å². The number of benzene rings is 2. The zero-order valence-corrected chi connectivity index (χ0v) is 23.0. The molecule has 0 aromatic heterocycles. The number of nitrogens with one attached hydrogen (secondary N) is 1. The first-order valence-corrected chi connectivity index (χ1v) is 13.8. The highest BCUT2D eigenvalue weighted by molar-refractivity contribution is 8.15. The highest BCUT2D eigenvalue weighted by atomic mass is 32.2. The van der Waals surface area contributed by atoms with Crippen LogP contribution in [0.5, 0.6) is 5.75 Å². The first-order valence-electron chi connectivity index (χ1n) is 12.9. The monoisotopic (exact) mass is 533 g/mol. The average molecular weight is 534 g/mol. The first kappa shape index (κ1) is 27.4. The number of hydrogen-bond donors (Lipinski definition) is 2. The fourth-order valence-corrected chi connectivity index (χ4v) is 5.62. The van der Waals surface area contributed by atoms with Crippen LogP contribution in [-0.4, -0.2) is 47.4 Å². The Morgan fingerprint density at radius 1 is 1.32 bits per heavy atom. The van der Waals surface area contributed by atoms with E-state index in [4.69, 9.17) is 15.5 Å². The van der Waals surface area contributed by atoms with Crippen LogP contribution in [0, 0.1) is 0 Å². The third-order valence-corrected chi connectivity index (χ3v) is 8.11. The Bertz CT molecular complexity index is 1270. The van der Waals surface area contributed by atoms with Crippen molar-refractivity contribution in [1.82, 2.24) is 10.2 Å². The van der Waals surface area contributed by atoms with Gasteiger partial charge < -0.3 is 15.8 Å². The number of ether oxygens (including phenoxy) is 1. The first-order chi connectivity index (χ1) is 18.3. The highest BCUT2D eigenvalue weighted by Gasteiger charge is 2.41. The summed E-state index contributed by atoms with van der Waals surface area (Å²) in [6.07, 6.45) is 2.39. The van der Waals surface area contributed by atoms with Gasteiger partial charge >= 0.3 is 0 Å². The smallest absolute Gasteiger partial charge is 0.251 e. The second kappa shape index (κ2) is 11.9. The lowest BCUT2D eigenvalue weighted by Crippen LogP contribution is -2.52. The van der Waals surface area contributed by atoms with Gasteiger partial charge in [0.15, 0.2) is 5.96 Å². The summed E-state index contributed by atoms with van der Waals surface area (Å²) >= 11 is 1.32. The summed E-state index contributed by atoms with van der Waals surface area (Å²) in [5, 5.41) is 3.15. The van der Waals surface area contributed by atoms with Gasteiger partial charge in [0.2, 0.25) is 5.91 Å². The number of aliphatic imine (C=N–C) groups is 2. The van der Waals surface area contributed by atoms with Crippen molar-refractivity contribution in [2.24, 2.45) is 15.7 Å². The normalized spacial score (nSPS) is 19.3. The highest BCUT2D eigenvalue weighted by Crippen LogP contribution is 2.39. The molecule has 2 amide bonds. The van der Waals surface area contributed by atoms with Gasteiger partial charge in [-0.05, 0) is 36.6 Å². The summed E-state index contributed by atoms with van der Waals surface area (Å²) in [6.45, 7) is 8.81. The van der Waals surface area contributed by atoms with E-state index < -0.39 is 11.6 Å². The molecule has 0 saturated heterocycles. The number of para-hydroxylation sites is 1. The van der Waals surface area contributed by atoms with Gasteiger partial charge in [-0.3, -0.25) is 19.5 Å². The summed E-state index contributed by atoms with van der Waals surface area (Å²) < 4.78 is 5.73. The minimum Gasteiger partial charge on any atom is -0.493 e. The molecule has 0 spiro atoms. The molecule has 4 rings (SSSR count). The van der Waals surface area contributed by atoms with Gasteiger partial charge in [-0.1, -0.05) is 62.5 Å². The second-order valence-electron chi connectivity index (χ2n) is 9.52. The zero-order valence-electron chi connectivity index (χ0n) is 22.1. The Hall–Kier alpha value is -3.59. The Morgan fingerprint density at radius 2 is 2.08 bits per heavy atom. The van der Waals surface area contributed by atoms with E-state index in [0.717, 1.165) is 29.7 Å². The molecule has 9 heteroatoms. The standard InChI is InChI=1S/C29H35N5O3S/c1-5-29(6-2)17-25(35)34(28(30)33-29)26(19(3)38-18-31-4)20-10-9-11-21(16-20)27(36)32-23-14-15-37-24-13-8-7-12-22(23)24/h7-13,16,18,23,26H,3,5-6,14-15,17H2,1-2,4H3,(H2,30,33)(H,32,36)/t23-,26-/m0/s1. The van der Waals surface area contributed by atoms with Crippen molar-refractivity contribution < 1.29 is 14.3 Å². The minimum absolute atomic E-state index is 0.116. The molecule has 2 aromatic rings. The molecule has 2 atom stereocenters.